The quantitative estimate of drug-likeness (QED) is 0.428. The number of anilines is 1. The van der Waals surface area contributed by atoms with Gasteiger partial charge in [-0.1, -0.05) is 42.5 Å². The van der Waals surface area contributed by atoms with Gasteiger partial charge in [0, 0.05) is 11.8 Å². The van der Waals surface area contributed by atoms with Crippen LogP contribution in [0, 0.1) is 0 Å². The monoisotopic (exact) mass is 437 g/mol. The Morgan fingerprint density at radius 1 is 0.969 bits per heavy atom. The van der Waals surface area contributed by atoms with E-state index in [2.05, 4.69) is 10.4 Å². The molecule has 0 bridgehead atoms. The molecule has 0 aliphatic rings. The van der Waals surface area contributed by atoms with E-state index in [1.54, 1.807) is 48.5 Å². The Morgan fingerprint density at radius 3 is 2.41 bits per heavy atom. The van der Waals surface area contributed by atoms with Gasteiger partial charge in [0.25, 0.3) is 5.91 Å². The van der Waals surface area contributed by atoms with Gasteiger partial charge in [0.05, 0.1) is 29.6 Å². The molecule has 0 fully saturated rings. The van der Waals surface area contributed by atoms with Gasteiger partial charge in [-0.2, -0.15) is 18.3 Å². The van der Waals surface area contributed by atoms with Crippen molar-refractivity contribution in [3.05, 3.63) is 96.2 Å². The highest BCUT2D eigenvalue weighted by atomic mass is 19.4. The van der Waals surface area contributed by atoms with Crippen LogP contribution in [0.2, 0.25) is 0 Å². The molecule has 0 saturated carbocycles. The first-order chi connectivity index (χ1) is 15.4. The number of halogens is 3. The van der Waals surface area contributed by atoms with E-state index in [0.717, 1.165) is 12.1 Å². The lowest BCUT2D eigenvalue weighted by Gasteiger charge is -2.10. The zero-order valence-corrected chi connectivity index (χ0v) is 16.9. The van der Waals surface area contributed by atoms with Gasteiger partial charge in [0.2, 0.25) is 0 Å². The topological polar surface area (TPSA) is 56.1 Å². The largest absolute Gasteiger partial charge is 0.495 e. The van der Waals surface area contributed by atoms with Crippen LogP contribution in [0.1, 0.15) is 15.9 Å². The third-order valence-electron chi connectivity index (χ3n) is 4.80. The standard InChI is InChI=1S/C24H18F3N3O2/c1-32-21-13-6-5-12-20(21)28-23(31)19-15-30(18-10-3-2-4-11-18)29-22(19)16-8-7-9-17(14-16)24(25,26)27/h2-15H,1H3,(H,28,31). The first-order valence-electron chi connectivity index (χ1n) is 9.64. The molecule has 0 aliphatic heterocycles. The van der Waals surface area contributed by atoms with Crippen molar-refractivity contribution >= 4 is 11.6 Å². The van der Waals surface area contributed by atoms with Crippen LogP contribution in [0.5, 0.6) is 5.75 Å². The molecule has 0 spiro atoms. The number of amides is 1. The van der Waals surface area contributed by atoms with E-state index in [1.165, 1.54) is 30.1 Å². The van der Waals surface area contributed by atoms with Crippen LogP contribution in [-0.2, 0) is 6.18 Å². The van der Waals surface area contributed by atoms with Gasteiger partial charge in [0.15, 0.2) is 0 Å². The lowest BCUT2D eigenvalue weighted by Crippen LogP contribution is -2.13. The average molecular weight is 437 g/mol. The number of hydrogen-bond acceptors (Lipinski definition) is 3. The Kier molecular flexibility index (Phi) is 5.68. The van der Waals surface area contributed by atoms with E-state index < -0.39 is 17.6 Å². The fraction of sp³-hybridized carbons (Fsp3) is 0.0833. The van der Waals surface area contributed by atoms with Crippen LogP contribution in [0.4, 0.5) is 18.9 Å². The second-order valence-electron chi connectivity index (χ2n) is 6.90. The van der Waals surface area contributed by atoms with E-state index in [-0.39, 0.29) is 16.8 Å². The summed E-state index contributed by atoms with van der Waals surface area (Å²) in [6.07, 6.45) is -3.02. The first-order valence-corrected chi connectivity index (χ1v) is 9.64. The highest BCUT2D eigenvalue weighted by Gasteiger charge is 2.31. The summed E-state index contributed by atoms with van der Waals surface area (Å²) in [6, 6.07) is 20.6. The minimum absolute atomic E-state index is 0.124. The number of alkyl halides is 3. The molecule has 0 saturated heterocycles. The number of methoxy groups -OCH3 is 1. The maximum absolute atomic E-state index is 13.3. The van der Waals surface area contributed by atoms with Crippen LogP contribution in [0.3, 0.4) is 0 Å². The van der Waals surface area contributed by atoms with Crippen LogP contribution in [0.15, 0.2) is 85.1 Å². The van der Waals surface area contributed by atoms with Crippen molar-refractivity contribution in [2.75, 3.05) is 12.4 Å². The Morgan fingerprint density at radius 2 is 1.69 bits per heavy atom. The van der Waals surface area contributed by atoms with E-state index in [9.17, 15) is 18.0 Å². The molecular weight excluding hydrogens is 419 g/mol. The van der Waals surface area contributed by atoms with Crippen molar-refractivity contribution in [3.63, 3.8) is 0 Å². The summed E-state index contributed by atoms with van der Waals surface area (Å²) in [7, 11) is 1.48. The van der Waals surface area contributed by atoms with Crippen LogP contribution < -0.4 is 10.1 Å². The molecule has 162 valence electrons. The lowest BCUT2D eigenvalue weighted by atomic mass is 10.0. The normalized spacial score (nSPS) is 11.2. The first kappa shape index (κ1) is 21.2. The smallest absolute Gasteiger partial charge is 0.416 e. The molecule has 8 heteroatoms. The fourth-order valence-corrected chi connectivity index (χ4v) is 3.25. The number of carbonyl (C=O) groups excluding carboxylic acids is 1. The molecule has 1 aromatic heterocycles. The Bertz CT molecular complexity index is 1250. The molecule has 1 N–H and O–H groups in total. The van der Waals surface area contributed by atoms with Crippen molar-refractivity contribution in [2.45, 2.75) is 6.18 Å². The molecule has 1 heterocycles. The molecule has 3 aromatic carbocycles. The molecular formula is C24H18F3N3O2. The number of benzene rings is 3. The average Bonchev–Trinajstić information content (AvgIpc) is 3.25. The van der Waals surface area contributed by atoms with E-state index in [0.29, 0.717) is 17.1 Å². The summed E-state index contributed by atoms with van der Waals surface area (Å²) in [5, 5.41) is 7.19. The molecule has 4 aromatic rings. The Balaban J connectivity index is 1.80. The van der Waals surface area contributed by atoms with Crippen LogP contribution in [0.25, 0.3) is 16.9 Å². The molecule has 32 heavy (non-hydrogen) atoms. The summed E-state index contributed by atoms with van der Waals surface area (Å²) >= 11 is 0. The molecule has 0 radical (unpaired) electrons. The maximum atomic E-state index is 13.3. The molecule has 0 aliphatic carbocycles. The molecule has 0 atom stereocenters. The third kappa shape index (κ3) is 4.34. The van der Waals surface area contributed by atoms with Gasteiger partial charge in [-0.05, 0) is 36.4 Å². The second-order valence-corrected chi connectivity index (χ2v) is 6.90. The number of rotatable bonds is 5. The van der Waals surface area contributed by atoms with Gasteiger partial charge in [-0.3, -0.25) is 4.79 Å². The predicted molar refractivity (Wildman–Crippen MR) is 115 cm³/mol. The van der Waals surface area contributed by atoms with E-state index in [4.69, 9.17) is 4.74 Å². The maximum Gasteiger partial charge on any atom is 0.416 e. The molecule has 0 unspecified atom stereocenters. The fourth-order valence-electron chi connectivity index (χ4n) is 3.25. The summed E-state index contributed by atoms with van der Waals surface area (Å²) in [6.45, 7) is 0. The number of nitrogens with one attached hydrogen (secondary N) is 1. The van der Waals surface area contributed by atoms with Gasteiger partial charge in [0.1, 0.15) is 11.4 Å². The zero-order chi connectivity index (χ0) is 22.7. The van der Waals surface area contributed by atoms with Crippen molar-refractivity contribution in [1.29, 1.82) is 0 Å². The van der Waals surface area contributed by atoms with Gasteiger partial charge < -0.3 is 10.1 Å². The van der Waals surface area contributed by atoms with Gasteiger partial charge in [-0.25, -0.2) is 4.68 Å². The SMILES string of the molecule is COc1ccccc1NC(=O)c1cn(-c2ccccc2)nc1-c1cccc(C(F)(F)F)c1. The minimum atomic E-state index is -4.52. The lowest BCUT2D eigenvalue weighted by molar-refractivity contribution is -0.137. The predicted octanol–water partition coefficient (Wildman–Crippen LogP) is 5.82. The van der Waals surface area contributed by atoms with E-state index in [1.807, 2.05) is 6.07 Å². The summed E-state index contributed by atoms with van der Waals surface area (Å²) < 4.78 is 46.5. The van der Waals surface area contributed by atoms with Gasteiger partial charge in [-0.15, -0.1) is 0 Å². The third-order valence-corrected chi connectivity index (χ3v) is 4.80. The minimum Gasteiger partial charge on any atom is -0.495 e. The zero-order valence-electron chi connectivity index (χ0n) is 16.9. The summed E-state index contributed by atoms with van der Waals surface area (Å²) in [5.41, 5.74) is 0.714. The number of nitrogens with zero attached hydrogens (tertiary/aromatic N) is 2. The molecule has 4 rings (SSSR count). The van der Waals surface area contributed by atoms with Crippen molar-refractivity contribution in [2.24, 2.45) is 0 Å². The number of ether oxygens (including phenoxy) is 1. The number of carbonyl (C=O) groups is 1. The summed E-state index contributed by atoms with van der Waals surface area (Å²) in [5.74, 6) is -0.0685. The molecule has 5 nitrogen and oxygen atoms in total. The van der Waals surface area contributed by atoms with Crippen LogP contribution >= 0.6 is 0 Å². The highest BCUT2D eigenvalue weighted by molar-refractivity contribution is 6.08. The van der Waals surface area contributed by atoms with Crippen molar-refractivity contribution in [1.82, 2.24) is 9.78 Å². The van der Waals surface area contributed by atoms with Crippen LogP contribution in [-0.4, -0.2) is 22.8 Å². The molecule has 1 amide bonds. The highest BCUT2D eigenvalue weighted by Crippen LogP contribution is 2.33. The number of hydrogen-bond donors (Lipinski definition) is 1. The summed E-state index contributed by atoms with van der Waals surface area (Å²) in [4.78, 5) is 13.2. The van der Waals surface area contributed by atoms with Gasteiger partial charge >= 0.3 is 6.18 Å². The number of aromatic nitrogens is 2. The Hall–Kier alpha value is -4.07. The van der Waals surface area contributed by atoms with E-state index >= 15 is 0 Å². The number of para-hydroxylation sites is 3. The second kappa shape index (κ2) is 8.58. The Labute approximate surface area is 182 Å². The van der Waals surface area contributed by atoms with Crippen molar-refractivity contribution in [3.8, 4) is 22.7 Å². The van der Waals surface area contributed by atoms with Crippen molar-refractivity contribution < 1.29 is 22.7 Å².